The molecule has 1 fully saturated rings. The Kier molecular flexibility index (Phi) is 6.36. The predicted octanol–water partition coefficient (Wildman–Crippen LogP) is 3.12. The van der Waals surface area contributed by atoms with E-state index in [-0.39, 0.29) is 5.75 Å². The average molecular weight is 352 g/mol. The Labute approximate surface area is 155 Å². The van der Waals surface area contributed by atoms with Crippen LogP contribution in [0.15, 0.2) is 59.6 Å². The molecule has 5 nitrogen and oxygen atoms in total. The summed E-state index contributed by atoms with van der Waals surface area (Å²) in [5.74, 6) is 1.11. The molecule has 0 bridgehead atoms. The Morgan fingerprint density at radius 3 is 2.81 bits per heavy atom. The van der Waals surface area contributed by atoms with Crippen molar-refractivity contribution >= 4 is 11.6 Å². The quantitative estimate of drug-likeness (QED) is 0.572. The van der Waals surface area contributed by atoms with Crippen LogP contribution in [0.3, 0.4) is 0 Å². The molecule has 3 rings (SSSR count). The van der Waals surface area contributed by atoms with Crippen molar-refractivity contribution in [1.82, 2.24) is 10.6 Å². The van der Waals surface area contributed by atoms with Gasteiger partial charge in [-0.2, -0.15) is 0 Å². The van der Waals surface area contributed by atoms with E-state index in [0.29, 0.717) is 12.6 Å². The highest BCUT2D eigenvalue weighted by molar-refractivity contribution is 5.80. The Balaban J connectivity index is 1.62. The zero-order chi connectivity index (χ0) is 18.2. The zero-order valence-corrected chi connectivity index (χ0v) is 15.4. The van der Waals surface area contributed by atoms with Crippen molar-refractivity contribution in [3.05, 3.63) is 60.2 Å². The maximum Gasteiger partial charge on any atom is 0.191 e. The van der Waals surface area contributed by atoms with Crippen molar-refractivity contribution in [3.63, 3.8) is 0 Å². The van der Waals surface area contributed by atoms with Crippen LogP contribution in [0.25, 0.3) is 0 Å². The van der Waals surface area contributed by atoms with E-state index in [1.807, 2.05) is 12.1 Å². The zero-order valence-electron chi connectivity index (χ0n) is 15.4. The van der Waals surface area contributed by atoms with Crippen molar-refractivity contribution in [1.29, 1.82) is 0 Å². The normalized spacial score (nSPS) is 17.8. The summed E-state index contributed by atoms with van der Waals surface area (Å²) in [5, 5.41) is 16.5. The minimum Gasteiger partial charge on any atom is -0.508 e. The van der Waals surface area contributed by atoms with E-state index in [2.05, 4.69) is 57.8 Å². The molecule has 26 heavy (non-hydrogen) atoms. The number of phenolic OH excluding ortho intramolecular Hbond substituents is 1. The molecule has 1 aliphatic rings. The van der Waals surface area contributed by atoms with Crippen molar-refractivity contribution < 1.29 is 5.11 Å². The van der Waals surface area contributed by atoms with E-state index in [4.69, 9.17) is 0 Å². The predicted molar refractivity (Wildman–Crippen MR) is 108 cm³/mol. The standard InChI is InChI=1S/C21H28N4O/c1-2-22-21(23-15-17-8-6-12-20(26)14-17)24-18-9-7-13-25(16-18)19-10-4-3-5-11-19/h3-6,8,10-12,14,18,26H,2,7,9,13,15-16H2,1H3,(H2,22,23,24). The molecule has 138 valence electrons. The molecule has 0 aromatic heterocycles. The first-order chi connectivity index (χ1) is 12.7. The first-order valence-corrected chi connectivity index (χ1v) is 9.37. The number of para-hydroxylation sites is 1. The molecule has 0 saturated carbocycles. The van der Waals surface area contributed by atoms with Gasteiger partial charge < -0.3 is 20.6 Å². The number of nitrogens with one attached hydrogen (secondary N) is 2. The third-order valence-corrected chi connectivity index (χ3v) is 4.56. The highest BCUT2D eigenvalue weighted by Crippen LogP contribution is 2.19. The van der Waals surface area contributed by atoms with Gasteiger partial charge in [-0.1, -0.05) is 30.3 Å². The number of hydrogen-bond acceptors (Lipinski definition) is 3. The van der Waals surface area contributed by atoms with E-state index in [0.717, 1.165) is 37.6 Å². The number of phenols is 1. The Morgan fingerprint density at radius 2 is 2.04 bits per heavy atom. The van der Waals surface area contributed by atoms with Crippen molar-refractivity contribution in [3.8, 4) is 5.75 Å². The highest BCUT2D eigenvalue weighted by Gasteiger charge is 2.20. The van der Waals surface area contributed by atoms with Gasteiger partial charge in [-0.3, -0.25) is 0 Å². The molecule has 1 heterocycles. The van der Waals surface area contributed by atoms with Gasteiger partial charge in [-0.15, -0.1) is 0 Å². The maximum absolute atomic E-state index is 9.59. The lowest BCUT2D eigenvalue weighted by Crippen LogP contribution is -2.51. The van der Waals surface area contributed by atoms with E-state index in [9.17, 15) is 5.11 Å². The summed E-state index contributed by atoms with van der Waals surface area (Å²) in [7, 11) is 0. The second-order valence-corrected chi connectivity index (χ2v) is 6.63. The molecule has 0 spiro atoms. The average Bonchev–Trinajstić information content (AvgIpc) is 2.67. The molecular weight excluding hydrogens is 324 g/mol. The fourth-order valence-electron chi connectivity index (χ4n) is 3.31. The largest absolute Gasteiger partial charge is 0.508 e. The van der Waals surface area contributed by atoms with Gasteiger partial charge in [0.15, 0.2) is 5.96 Å². The van der Waals surface area contributed by atoms with Crippen LogP contribution in [0.2, 0.25) is 0 Å². The molecule has 2 aromatic rings. The summed E-state index contributed by atoms with van der Waals surface area (Å²) < 4.78 is 0. The van der Waals surface area contributed by atoms with Crippen LogP contribution in [0.1, 0.15) is 25.3 Å². The van der Waals surface area contributed by atoms with Crippen LogP contribution in [0.5, 0.6) is 5.75 Å². The second-order valence-electron chi connectivity index (χ2n) is 6.63. The lowest BCUT2D eigenvalue weighted by Gasteiger charge is -2.35. The van der Waals surface area contributed by atoms with Gasteiger partial charge >= 0.3 is 0 Å². The Morgan fingerprint density at radius 1 is 1.19 bits per heavy atom. The van der Waals surface area contributed by atoms with Gasteiger partial charge in [-0.25, -0.2) is 4.99 Å². The number of nitrogens with zero attached hydrogens (tertiary/aromatic N) is 2. The van der Waals surface area contributed by atoms with Crippen LogP contribution in [-0.4, -0.2) is 36.7 Å². The molecule has 0 radical (unpaired) electrons. The first kappa shape index (κ1) is 18.1. The van der Waals surface area contributed by atoms with Crippen molar-refractivity contribution in [2.24, 2.45) is 4.99 Å². The van der Waals surface area contributed by atoms with Crippen LogP contribution < -0.4 is 15.5 Å². The fourth-order valence-corrected chi connectivity index (χ4v) is 3.31. The summed E-state index contributed by atoms with van der Waals surface area (Å²) in [6.45, 7) is 5.50. The molecule has 0 amide bonds. The highest BCUT2D eigenvalue weighted by atomic mass is 16.3. The van der Waals surface area contributed by atoms with Crippen LogP contribution in [-0.2, 0) is 6.54 Å². The van der Waals surface area contributed by atoms with E-state index in [1.54, 1.807) is 12.1 Å². The third-order valence-electron chi connectivity index (χ3n) is 4.56. The van der Waals surface area contributed by atoms with Crippen molar-refractivity contribution in [2.75, 3.05) is 24.5 Å². The second kappa shape index (κ2) is 9.13. The lowest BCUT2D eigenvalue weighted by molar-refractivity contribution is 0.468. The number of aliphatic imine (C=N–C) groups is 1. The number of anilines is 1. The van der Waals surface area contributed by atoms with Crippen LogP contribution in [0.4, 0.5) is 5.69 Å². The summed E-state index contributed by atoms with van der Waals surface area (Å²) in [5.41, 5.74) is 2.28. The lowest BCUT2D eigenvalue weighted by atomic mass is 10.1. The van der Waals surface area contributed by atoms with Gasteiger partial charge in [0.1, 0.15) is 5.75 Å². The first-order valence-electron chi connectivity index (χ1n) is 9.37. The SMILES string of the molecule is CCNC(=NCc1cccc(O)c1)NC1CCCN(c2ccccc2)C1. The molecular formula is C21H28N4O. The molecule has 1 saturated heterocycles. The van der Waals surface area contributed by atoms with Gasteiger partial charge in [0.2, 0.25) is 0 Å². The molecule has 2 aromatic carbocycles. The van der Waals surface area contributed by atoms with Crippen LogP contribution >= 0.6 is 0 Å². The topological polar surface area (TPSA) is 59.9 Å². The Bertz CT molecular complexity index is 717. The number of hydrogen-bond donors (Lipinski definition) is 3. The van der Waals surface area contributed by atoms with Crippen LogP contribution in [0, 0.1) is 0 Å². The summed E-state index contributed by atoms with van der Waals surface area (Å²) >= 11 is 0. The summed E-state index contributed by atoms with van der Waals surface area (Å²) in [6.07, 6.45) is 2.30. The molecule has 0 aliphatic carbocycles. The number of benzene rings is 2. The van der Waals surface area contributed by atoms with Crippen molar-refractivity contribution in [2.45, 2.75) is 32.4 Å². The summed E-state index contributed by atoms with van der Waals surface area (Å²) in [6, 6.07) is 18.2. The molecule has 5 heteroatoms. The number of guanidine groups is 1. The Hall–Kier alpha value is -2.69. The monoisotopic (exact) mass is 352 g/mol. The van der Waals surface area contributed by atoms with E-state index < -0.39 is 0 Å². The number of piperidine rings is 1. The van der Waals surface area contributed by atoms with Gasteiger partial charge in [0.25, 0.3) is 0 Å². The van der Waals surface area contributed by atoms with E-state index in [1.165, 1.54) is 12.1 Å². The minimum absolute atomic E-state index is 0.279. The number of rotatable bonds is 5. The van der Waals surface area contributed by atoms with E-state index >= 15 is 0 Å². The molecule has 3 N–H and O–H groups in total. The maximum atomic E-state index is 9.59. The minimum atomic E-state index is 0.279. The van der Waals surface area contributed by atoms with Gasteiger partial charge in [0, 0.05) is 31.4 Å². The molecule has 1 aliphatic heterocycles. The summed E-state index contributed by atoms with van der Waals surface area (Å²) in [4.78, 5) is 7.11. The van der Waals surface area contributed by atoms with Gasteiger partial charge in [0.05, 0.1) is 6.54 Å². The molecule has 1 atom stereocenters. The smallest absolute Gasteiger partial charge is 0.191 e. The fraction of sp³-hybridized carbons (Fsp3) is 0.381. The molecule has 1 unspecified atom stereocenters. The third kappa shape index (κ3) is 5.15. The van der Waals surface area contributed by atoms with Gasteiger partial charge in [-0.05, 0) is 49.6 Å². The number of aromatic hydroxyl groups is 1.